The molecule has 1 atom stereocenters. The molecular weight excluding hydrogens is 209 g/mol. The van der Waals surface area contributed by atoms with Gasteiger partial charge in [-0.2, -0.15) is 0 Å². The van der Waals surface area contributed by atoms with Crippen molar-refractivity contribution in [2.45, 2.75) is 33.3 Å². The molecule has 0 aliphatic rings. The van der Waals surface area contributed by atoms with E-state index in [0.29, 0.717) is 5.56 Å². The smallest absolute Gasteiger partial charge is 0.338 e. The molecule has 16 heavy (non-hydrogen) atoms. The summed E-state index contributed by atoms with van der Waals surface area (Å²) < 4.78 is 18.4. The highest BCUT2D eigenvalue weighted by Crippen LogP contribution is 2.18. The topological polar surface area (TPSA) is 52.3 Å². The van der Waals surface area contributed by atoms with Crippen LogP contribution in [-0.2, 0) is 4.74 Å². The Morgan fingerprint density at radius 1 is 1.56 bits per heavy atom. The Morgan fingerprint density at radius 3 is 2.69 bits per heavy atom. The van der Waals surface area contributed by atoms with Gasteiger partial charge in [0.25, 0.3) is 0 Å². The summed E-state index contributed by atoms with van der Waals surface area (Å²) in [5.41, 5.74) is 6.34. The number of carbonyl (C=O) groups excluding carboxylic acids is 1. The maximum absolute atomic E-state index is 13.3. The average Bonchev–Trinajstić information content (AvgIpc) is 2.24. The quantitative estimate of drug-likeness (QED) is 0.635. The molecule has 0 aliphatic carbocycles. The van der Waals surface area contributed by atoms with Gasteiger partial charge in [-0.05, 0) is 32.4 Å². The lowest BCUT2D eigenvalue weighted by Gasteiger charge is -2.11. The van der Waals surface area contributed by atoms with Crippen LogP contribution in [-0.4, -0.2) is 12.1 Å². The predicted molar refractivity (Wildman–Crippen MR) is 60.7 cm³/mol. The highest BCUT2D eigenvalue weighted by Gasteiger charge is 2.14. The molecule has 0 saturated carbocycles. The fourth-order valence-electron chi connectivity index (χ4n) is 1.15. The second kappa shape index (κ2) is 4.96. The first kappa shape index (κ1) is 12.5. The zero-order chi connectivity index (χ0) is 12.3. The van der Waals surface area contributed by atoms with Crippen LogP contribution in [0.4, 0.5) is 10.1 Å². The number of hydrogen-bond donors (Lipinski definition) is 1. The van der Waals surface area contributed by atoms with Gasteiger partial charge >= 0.3 is 5.97 Å². The molecule has 1 aromatic rings. The minimum Gasteiger partial charge on any atom is -0.459 e. The Balaban J connectivity index is 2.93. The Kier molecular flexibility index (Phi) is 3.88. The first-order valence-corrected chi connectivity index (χ1v) is 5.22. The molecule has 0 spiro atoms. The zero-order valence-electron chi connectivity index (χ0n) is 9.71. The van der Waals surface area contributed by atoms with E-state index in [0.717, 1.165) is 12.5 Å². The second-order valence-corrected chi connectivity index (χ2v) is 3.80. The van der Waals surface area contributed by atoms with Gasteiger partial charge in [-0.15, -0.1) is 0 Å². The van der Waals surface area contributed by atoms with E-state index in [1.165, 1.54) is 6.07 Å². The SMILES string of the molecule is CCC(C)OC(=O)c1cc(N)c(C)c(F)c1. The van der Waals surface area contributed by atoms with Crippen molar-refractivity contribution >= 4 is 11.7 Å². The van der Waals surface area contributed by atoms with Gasteiger partial charge in [0.2, 0.25) is 0 Å². The number of benzene rings is 1. The van der Waals surface area contributed by atoms with E-state index < -0.39 is 11.8 Å². The van der Waals surface area contributed by atoms with Gasteiger partial charge in [-0.25, -0.2) is 9.18 Å². The van der Waals surface area contributed by atoms with Crippen molar-refractivity contribution in [3.05, 3.63) is 29.1 Å². The van der Waals surface area contributed by atoms with E-state index in [9.17, 15) is 9.18 Å². The average molecular weight is 225 g/mol. The second-order valence-electron chi connectivity index (χ2n) is 3.80. The summed E-state index contributed by atoms with van der Waals surface area (Å²) >= 11 is 0. The van der Waals surface area contributed by atoms with E-state index in [1.807, 2.05) is 6.92 Å². The van der Waals surface area contributed by atoms with Crippen LogP contribution in [0.5, 0.6) is 0 Å². The van der Waals surface area contributed by atoms with E-state index in [2.05, 4.69) is 0 Å². The van der Waals surface area contributed by atoms with Crippen LogP contribution in [0.3, 0.4) is 0 Å². The number of halogens is 1. The van der Waals surface area contributed by atoms with Crippen molar-refractivity contribution in [2.75, 3.05) is 5.73 Å². The maximum atomic E-state index is 13.3. The Labute approximate surface area is 94.4 Å². The summed E-state index contributed by atoms with van der Waals surface area (Å²) in [6.07, 6.45) is 0.535. The minimum atomic E-state index is -0.542. The molecule has 2 N–H and O–H groups in total. The largest absolute Gasteiger partial charge is 0.459 e. The van der Waals surface area contributed by atoms with Crippen molar-refractivity contribution in [3.8, 4) is 0 Å². The molecule has 0 bridgehead atoms. The summed E-state index contributed by atoms with van der Waals surface area (Å²) in [5, 5.41) is 0. The molecule has 3 nitrogen and oxygen atoms in total. The molecule has 0 aliphatic heterocycles. The zero-order valence-corrected chi connectivity index (χ0v) is 9.71. The summed E-state index contributed by atoms with van der Waals surface area (Å²) in [4.78, 5) is 11.6. The van der Waals surface area contributed by atoms with Crippen molar-refractivity contribution in [2.24, 2.45) is 0 Å². The van der Waals surface area contributed by atoms with Crippen LogP contribution in [0.25, 0.3) is 0 Å². The van der Waals surface area contributed by atoms with Gasteiger partial charge in [-0.1, -0.05) is 6.92 Å². The molecule has 88 valence electrons. The van der Waals surface area contributed by atoms with Gasteiger partial charge in [0.1, 0.15) is 5.82 Å². The molecular formula is C12H16FNO2. The van der Waals surface area contributed by atoms with E-state index >= 15 is 0 Å². The number of esters is 1. The van der Waals surface area contributed by atoms with Gasteiger partial charge in [0.05, 0.1) is 11.7 Å². The molecule has 0 heterocycles. The lowest BCUT2D eigenvalue weighted by atomic mass is 10.1. The fraction of sp³-hybridized carbons (Fsp3) is 0.417. The number of carbonyl (C=O) groups is 1. The molecule has 0 saturated heterocycles. The Hall–Kier alpha value is -1.58. The third kappa shape index (κ3) is 2.72. The molecule has 1 rings (SSSR count). The maximum Gasteiger partial charge on any atom is 0.338 e. The number of hydrogen-bond acceptors (Lipinski definition) is 3. The standard InChI is InChI=1S/C12H16FNO2/c1-4-7(2)16-12(15)9-5-10(13)8(3)11(14)6-9/h5-7H,4,14H2,1-3H3. The molecule has 0 radical (unpaired) electrons. The Bertz CT molecular complexity index is 381. The summed E-state index contributed by atoms with van der Waals surface area (Å²) in [7, 11) is 0. The molecule has 0 fully saturated rings. The third-order valence-corrected chi connectivity index (χ3v) is 2.50. The molecule has 1 unspecified atom stereocenters. The van der Waals surface area contributed by atoms with Gasteiger partial charge in [-0.3, -0.25) is 0 Å². The van der Waals surface area contributed by atoms with E-state index in [1.54, 1.807) is 13.8 Å². The minimum absolute atomic E-state index is 0.154. The normalized spacial score (nSPS) is 12.2. The van der Waals surface area contributed by atoms with E-state index in [-0.39, 0.29) is 17.4 Å². The predicted octanol–water partition coefficient (Wildman–Crippen LogP) is 2.67. The lowest BCUT2D eigenvalue weighted by Crippen LogP contribution is -2.14. The van der Waals surface area contributed by atoms with Gasteiger partial charge in [0, 0.05) is 11.3 Å². The van der Waals surface area contributed by atoms with Crippen LogP contribution in [0.2, 0.25) is 0 Å². The number of anilines is 1. The number of ether oxygens (including phenoxy) is 1. The first-order valence-electron chi connectivity index (χ1n) is 5.22. The third-order valence-electron chi connectivity index (χ3n) is 2.50. The molecule has 0 aromatic heterocycles. The van der Waals surface area contributed by atoms with Crippen LogP contribution < -0.4 is 5.73 Å². The lowest BCUT2D eigenvalue weighted by molar-refractivity contribution is 0.0334. The van der Waals surface area contributed by atoms with Gasteiger partial charge in [0.15, 0.2) is 0 Å². The van der Waals surface area contributed by atoms with E-state index in [4.69, 9.17) is 10.5 Å². The van der Waals surface area contributed by atoms with Crippen LogP contribution in [0.1, 0.15) is 36.2 Å². The van der Waals surface area contributed by atoms with Crippen LogP contribution in [0.15, 0.2) is 12.1 Å². The highest BCUT2D eigenvalue weighted by molar-refractivity contribution is 5.90. The van der Waals surface area contributed by atoms with Gasteiger partial charge < -0.3 is 10.5 Å². The van der Waals surface area contributed by atoms with Crippen LogP contribution in [0, 0.1) is 12.7 Å². The summed E-state index contributed by atoms with van der Waals surface area (Å²) in [5.74, 6) is -1.03. The molecule has 4 heteroatoms. The number of nitrogens with two attached hydrogens (primary N) is 1. The molecule has 0 amide bonds. The fourth-order valence-corrected chi connectivity index (χ4v) is 1.15. The van der Waals surface area contributed by atoms with Crippen LogP contribution >= 0.6 is 0 Å². The van der Waals surface area contributed by atoms with Crippen molar-refractivity contribution < 1.29 is 13.9 Å². The number of nitrogen functional groups attached to an aromatic ring is 1. The number of rotatable bonds is 3. The van der Waals surface area contributed by atoms with Crippen molar-refractivity contribution in [1.29, 1.82) is 0 Å². The Morgan fingerprint density at radius 2 is 2.19 bits per heavy atom. The first-order chi connectivity index (χ1) is 7.45. The highest BCUT2D eigenvalue weighted by atomic mass is 19.1. The van der Waals surface area contributed by atoms with Crippen molar-refractivity contribution in [1.82, 2.24) is 0 Å². The molecule has 1 aromatic carbocycles. The summed E-state index contributed by atoms with van der Waals surface area (Å²) in [6.45, 7) is 5.25. The van der Waals surface area contributed by atoms with Crippen molar-refractivity contribution in [3.63, 3.8) is 0 Å². The summed E-state index contributed by atoms with van der Waals surface area (Å²) in [6, 6.07) is 2.58. The monoisotopic (exact) mass is 225 g/mol.